The fourth-order valence-corrected chi connectivity index (χ4v) is 1.21. The molecular weight excluding hydrogens is 172 g/mol. The SMILES string of the molecule is Cc1c(S)coc1-c1ccco1. The molecule has 2 aromatic heterocycles. The predicted octanol–water partition coefficient (Wildman–Crippen LogP) is 3.14. The van der Waals surface area contributed by atoms with Crippen molar-refractivity contribution in [1.29, 1.82) is 0 Å². The van der Waals surface area contributed by atoms with Crippen LogP contribution in [0.5, 0.6) is 0 Å². The summed E-state index contributed by atoms with van der Waals surface area (Å²) in [4.78, 5) is 0.849. The molecule has 0 saturated heterocycles. The summed E-state index contributed by atoms with van der Waals surface area (Å²) in [6.45, 7) is 1.95. The van der Waals surface area contributed by atoms with E-state index in [2.05, 4.69) is 12.6 Å². The van der Waals surface area contributed by atoms with Crippen LogP contribution < -0.4 is 0 Å². The minimum Gasteiger partial charge on any atom is -0.461 e. The second-order valence-corrected chi connectivity index (χ2v) is 3.03. The molecule has 0 radical (unpaired) electrons. The molecule has 0 aliphatic heterocycles. The van der Waals surface area contributed by atoms with E-state index < -0.39 is 0 Å². The molecular formula is C9H8O2S. The van der Waals surface area contributed by atoms with Gasteiger partial charge in [-0.3, -0.25) is 0 Å². The molecule has 2 rings (SSSR count). The molecule has 62 valence electrons. The van der Waals surface area contributed by atoms with Gasteiger partial charge in [0.25, 0.3) is 0 Å². The molecule has 0 unspecified atom stereocenters. The van der Waals surface area contributed by atoms with Crippen molar-refractivity contribution in [2.45, 2.75) is 11.8 Å². The van der Waals surface area contributed by atoms with Crippen LogP contribution in [0.1, 0.15) is 5.56 Å². The van der Waals surface area contributed by atoms with Crippen LogP contribution in [0.2, 0.25) is 0 Å². The van der Waals surface area contributed by atoms with Crippen LogP contribution in [0.3, 0.4) is 0 Å². The number of rotatable bonds is 1. The Labute approximate surface area is 75.6 Å². The first-order valence-corrected chi connectivity index (χ1v) is 4.04. The molecule has 0 aliphatic rings. The lowest BCUT2D eigenvalue weighted by molar-refractivity contribution is 0.521. The third-order valence-electron chi connectivity index (χ3n) is 1.76. The Hall–Kier alpha value is -1.09. The number of hydrogen-bond acceptors (Lipinski definition) is 3. The van der Waals surface area contributed by atoms with Gasteiger partial charge in [-0.1, -0.05) is 0 Å². The fraction of sp³-hybridized carbons (Fsp3) is 0.111. The standard InChI is InChI=1S/C9H8O2S/c1-6-8(12)5-11-9(6)7-3-2-4-10-7/h2-5,12H,1H3. The lowest BCUT2D eigenvalue weighted by atomic mass is 10.2. The molecule has 2 aromatic rings. The number of furan rings is 2. The average molecular weight is 180 g/mol. The van der Waals surface area contributed by atoms with Gasteiger partial charge in [0.05, 0.1) is 6.26 Å². The van der Waals surface area contributed by atoms with Crippen molar-refractivity contribution in [1.82, 2.24) is 0 Å². The largest absolute Gasteiger partial charge is 0.461 e. The Bertz CT molecular complexity index is 373. The van der Waals surface area contributed by atoms with E-state index in [0.717, 1.165) is 22.0 Å². The summed E-state index contributed by atoms with van der Waals surface area (Å²) in [6, 6.07) is 3.69. The molecule has 12 heavy (non-hydrogen) atoms. The van der Waals surface area contributed by atoms with Crippen molar-refractivity contribution < 1.29 is 8.83 Å². The highest BCUT2D eigenvalue weighted by Gasteiger charge is 2.10. The maximum absolute atomic E-state index is 5.27. The second-order valence-electron chi connectivity index (χ2n) is 2.55. The van der Waals surface area contributed by atoms with Gasteiger partial charge in [0.2, 0.25) is 0 Å². The lowest BCUT2D eigenvalue weighted by Gasteiger charge is -1.91. The van der Waals surface area contributed by atoms with Crippen LogP contribution in [0.4, 0.5) is 0 Å². The van der Waals surface area contributed by atoms with Crippen LogP contribution in [0.15, 0.2) is 38.4 Å². The van der Waals surface area contributed by atoms with E-state index >= 15 is 0 Å². The van der Waals surface area contributed by atoms with Gasteiger partial charge in [-0.05, 0) is 19.1 Å². The van der Waals surface area contributed by atoms with E-state index in [1.807, 2.05) is 19.1 Å². The van der Waals surface area contributed by atoms with Gasteiger partial charge in [0.1, 0.15) is 6.26 Å². The third kappa shape index (κ3) is 1.06. The summed E-state index contributed by atoms with van der Waals surface area (Å²) in [7, 11) is 0. The Morgan fingerprint density at radius 3 is 2.67 bits per heavy atom. The summed E-state index contributed by atoms with van der Waals surface area (Å²) in [5.41, 5.74) is 1.01. The van der Waals surface area contributed by atoms with Crippen LogP contribution in [0, 0.1) is 6.92 Å². The molecule has 3 heteroatoms. The molecule has 2 nitrogen and oxygen atoms in total. The zero-order chi connectivity index (χ0) is 8.55. The first-order chi connectivity index (χ1) is 5.79. The highest BCUT2D eigenvalue weighted by molar-refractivity contribution is 7.80. The summed E-state index contributed by atoms with van der Waals surface area (Å²) in [5, 5.41) is 0. The highest BCUT2D eigenvalue weighted by Crippen LogP contribution is 2.29. The minimum absolute atomic E-state index is 0.743. The Balaban J connectivity index is 2.55. The second kappa shape index (κ2) is 2.75. The molecule has 0 saturated carbocycles. The molecule has 0 spiro atoms. The van der Waals surface area contributed by atoms with E-state index in [4.69, 9.17) is 8.83 Å². The van der Waals surface area contributed by atoms with E-state index in [9.17, 15) is 0 Å². The van der Waals surface area contributed by atoms with Crippen LogP contribution in [-0.2, 0) is 0 Å². The van der Waals surface area contributed by atoms with Gasteiger partial charge < -0.3 is 8.83 Å². The van der Waals surface area contributed by atoms with E-state index in [-0.39, 0.29) is 0 Å². The smallest absolute Gasteiger partial charge is 0.173 e. The summed E-state index contributed by atoms with van der Waals surface area (Å²) in [5.74, 6) is 1.50. The lowest BCUT2D eigenvalue weighted by Crippen LogP contribution is -1.72. The van der Waals surface area contributed by atoms with Crippen LogP contribution >= 0.6 is 12.6 Å². The summed E-state index contributed by atoms with van der Waals surface area (Å²) >= 11 is 4.21. The minimum atomic E-state index is 0.743. The maximum Gasteiger partial charge on any atom is 0.173 e. The van der Waals surface area contributed by atoms with Crippen molar-refractivity contribution in [2.24, 2.45) is 0 Å². The van der Waals surface area contributed by atoms with Crippen molar-refractivity contribution in [2.75, 3.05) is 0 Å². The first kappa shape index (κ1) is 7.55. The monoisotopic (exact) mass is 180 g/mol. The van der Waals surface area contributed by atoms with Gasteiger partial charge in [-0.25, -0.2) is 0 Å². The fourth-order valence-electron chi connectivity index (χ4n) is 1.06. The molecule has 2 heterocycles. The zero-order valence-corrected chi connectivity index (χ0v) is 7.47. The van der Waals surface area contributed by atoms with Gasteiger partial charge in [-0.15, -0.1) is 12.6 Å². The van der Waals surface area contributed by atoms with Gasteiger partial charge in [0.15, 0.2) is 11.5 Å². The molecule has 0 aromatic carbocycles. The van der Waals surface area contributed by atoms with Crippen molar-refractivity contribution in [3.05, 3.63) is 30.2 Å². The average Bonchev–Trinajstić information content (AvgIpc) is 2.64. The van der Waals surface area contributed by atoms with E-state index in [1.165, 1.54) is 0 Å². The molecule has 0 bridgehead atoms. The Kier molecular flexibility index (Phi) is 1.73. The van der Waals surface area contributed by atoms with Gasteiger partial charge in [0, 0.05) is 10.5 Å². The molecule has 0 fully saturated rings. The van der Waals surface area contributed by atoms with Crippen molar-refractivity contribution in [3.8, 4) is 11.5 Å². The van der Waals surface area contributed by atoms with Crippen LogP contribution in [-0.4, -0.2) is 0 Å². The number of thiol groups is 1. The third-order valence-corrected chi connectivity index (χ3v) is 2.20. The van der Waals surface area contributed by atoms with Crippen molar-refractivity contribution in [3.63, 3.8) is 0 Å². The summed E-state index contributed by atoms with van der Waals surface area (Å²) in [6.07, 6.45) is 3.23. The zero-order valence-electron chi connectivity index (χ0n) is 6.57. The van der Waals surface area contributed by atoms with E-state index in [0.29, 0.717) is 0 Å². The topological polar surface area (TPSA) is 26.3 Å². The Morgan fingerprint density at radius 2 is 2.17 bits per heavy atom. The first-order valence-electron chi connectivity index (χ1n) is 3.60. The van der Waals surface area contributed by atoms with Crippen molar-refractivity contribution >= 4 is 12.6 Å². The molecule has 0 aliphatic carbocycles. The predicted molar refractivity (Wildman–Crippen MR) is 48.4 cm³/mol. The normalized spacial score (nSPS) is 10.5. The summed E-state index contributed by atoms with van der Waals surface area (Å²) < 4.78 is 10.5. The maximum atomic E-state index is 5.27. The highest BCUT2D eigenvalue weighted by atomic mass is 32.1. The van der Waals surface area contributed by atoms with Gasteiger partial charge in [-0.2, -0.15) is 0 Å². The Morgan fingerprint density at radius 1 is 1.33 bits per heavy atom. The molecule has 0 atom stereocenters. The quantitative estimate of drug-likeness (QED) is 0.682. The van der Waals surface area contributed by atoms with E-state index in [1.54, 1.807) is 12.5 Å². The number of hydrogen-bond donors (Lipinski definition) is 1. The van der Waals surface area contributed by atoms with Crippen LogP contribution in [0.25, 0.3) is 11.5 Å². The van der Waals surface area contributed by atoms with Gasteiger partial charge >= 0.3 is 0 Å². The molecule has 0 amide bonds. The molecule has 0 N–H and O–H groups in total.